The van der Waals surface area contributed by atoms with Gasteiger partial charge in [-0.3, -0.25) is 0 Å². The average Bonchev–Trinajstić information content (AvgIpc) is 3.24. The van der Waals surface area contributed by atoms with E-state index in [9.17, 15) is 0 Å². The molecule has 0 heterocycles. The fourth-order valence-electron chi connectivity index (χ4n) is 7.82. The van der Waals surface area contributed by atoms with E-state index in [1.54, 1.807) is 0 Å². The van der Waals surface area contributed by atoms with Gasteiger partial charge in [-0.15, -0.1) is 0 Å². The molecule has 0 saturated carbocycles. The molecule has 0 aliphatic carbocycles. The molecule has 0 saturated heterocycles. The number of rotatable bonds is 54. The van der Waals surface area contributed by atoms with Crippen LogP contribution < -0.4 is 21.3 Å². The van der Waals surface area contributed by atoms with Gasteiger partial charge in [-0.05, 0) is 85.2 Å². The van der Waals surface area contributed by atoms with E-state index in [1.807, 2.05) is 0 Å². The van der Waals surface area contributed by atoms with E-state index in [0.717, 1.165) is 98.0 Å². The predicted molar refractivity (Wildman–Crippen MR) is 258 cm³/mol. The van der Waals surface area contributed by atoms with Gasteiger partial charge in [-0.2, -0.15) is 0 Å². The maximum absolute atomic E-state index is 5.99. The van der Waals surface area contributed by atoms with Crippen molar-refractivity contribution in [1.82, 2.24) is 21.3 Å². The minimum Gasteiger partial charge on any atom is -0.379 e. The second-order valence-corrected chi connectivity index (χ2v) is 17.5. The molecule has 0 aromatic heterocycles. The lowest BCUT2D eigenvalue weighted by molar-refractivity contribution is -0.0113. The Kier molecular flexibility index (Phi) is 53.5. The van der Waals surface area contributed by atoms with Crippen LogP contribution in [0.1, 0.15) is 227 Å². The topological polar surface area (TPSA) is 85.0 Å². The Morgan fingerprint density at radius 2 is 0.542 bits per heavy atom. The van der Waals surface area contributed by atoms with Gasteiger partial charge >= 0.3 is 0 Å². The maximum atomic E-state index is 5.99. The Bertz CT molecular complexity index is 678. The van der Waals surface area contributed by atoms with Crippen LogP contribution in [0.2, 0.25) is 0 Å². The van der Waals surface area contributed by atoms with Crippen molar-refractivity contribution in [2.45, 2.75) is 239 Å². The molecule has 8 heteroatoms. The molecule has 4 N–H and O–H groups in total. The van der Waals surface area contributed by atoms with Gasteiger partial charge in [0, 0.05) is 39.5 Å². The molecule has 2 unspecified atom stereocenters. The molecular weight excluding hydrogens is 733 g/mol. The number of hydrogen-bond donors (Lipinski definition) is 4. The second-order valence-electron chi connectivity index (χ2n) is 17.5. The molecule has 0 rings (SSSR count). The van der Waals surface area contributed by atoms with Gasteiger partial charge in [0.25, 0.3) is 0 Å². The lowest BCUT2D eigenvalue weighted by atomic mass is 10.0. The van der Waals surface area contributed by atoms with Crippen LogP contribution in [0, 0.1) is 0 Å². The van der Waals surface area contributed by atoms with Crippen LogP contribution in [0.3, 0.4) is 0 Å². The first kappa shape index (κ1) is 58.7. The normalized spacial score (nSPS) is 12.8. The largest absolute Gasteiger partial charge is 0.379 e. The second kappa shape index (κ2) is 53.8. The minimum absolute atomic E-state index is 0.148. The Balaban J connectivity index is 3.48. The molecule has 0 bridgehead atoms. The van der Waals surface area contributed by atoms with Crippen LogP contribution in [-0.4, -0.2) is 104 Å². The van der Waals surface area contributed by atoms with Crippen LogP contribution in [0.15, 0.2) is 0 Å². The van der Waals surface area contributed by atoms with Gasteiger partial charge in [0.05, 0.1) is 25.4 Å². The van der Waals surface area contributed by atoms with Crippen molar-refractivity contribution in [3.63, 3.8) is 0 Å². The fraction of sp³-hybridized carbons (Fsp3) is 1.00. The smallest absolute Gasteiger partial charge is 0.0932 e. The van der Waals surface area contributed by atoms with Crippen molar-refractivity contribution < 1.29 is 18.9 Å². The van der Waals surface area contributed by atoms with Crippen LogP contribution in [0.25, 0.3) is 0 Å². The lowest BCUT2D eigenvalue weighted by Crippen LogP contribution is -2.35. The monoisotopic (exact) mass is 841 g/mol. The summed E-state index contributed by atoms with van der Waals surface area (Å²) in [5.74, 6) is 0. The summed E-state index contributed by atoms with van der Waals surface area (Å²) in [5, 5.41) is 14.3. The standard InChI is InChI=1S/C51H108N4O4/c1-5-9-11-13-15-17-19-21-23-25-27-29-31-33-44-56-48-50(58-7-3)46-54-42-36-40-52-38-35-39-53-41-37-43-55-47-51(59-8-4)49-57-45-34-32-30-28-26-24-22-20-18-16-14-12-10-6-2/h50-55H,5-49H2,1-4H3. The van der Waals surface area contributed by atoms with Gasteiger partial charge in [-0.25, -0.2) is 0 Å². The first-order valence-corrected chi connectivity index (χ1v) is 26.5. The summed E-state index contributed by atoms with van der Waals surface area (Å²) in [6.07, 6.45) is 42.7. The summed E-state index contributed by atoms with van der Waals surface area (Å²) in [5.41, 5.74) is 0. The molecule has 0 aliphatic rings. The van der Waals surface area contributed by atoms with E-state index >= 15 is 0 Å². The van der Waals surface area contributed by atoms with Gasteiger partial charge in [0.2, 0.25) is 0 Å². The van der Waals surface area contributed by atoms with E-state index in [4.69, 9.17) is 18.9 Å². The number of unbranched alkanes of at least 4 members (excludes halogenated alkanes) is 26. The molecule has 0 spiro atoms. The molecule has 0 amide bonds. The van der Waals surface area contributed by atoms with Crippen LogP contribution in [0.5, 0.6) is 0 Å². The molecule has 0 aliphatic heterocycles. The van der Waals surface area contributed by atoms with Crippen molar-refractivity contribution in [1.29, 1.82) is 0 Å². The highest BCUT2D eigenvalue weighted by Gasteiger charge is 2.09. The quantitative estimate of drug-likeness (QED) is 0.0451. The molecule has 8 nitrogen and oxygen atoms in total. The zero-order chi connectivity index (χ0) is 42.6. The third kappa shape index (κ3) is 50.2. The predicted octanol–water partition coefficient (Wildman–Crippen LogP) is 12.3. The van der Waals surface area contributed by atoms with Gasteiger partial charge in [0.1, 0.15) is 0 Å². The maximum Gasteiger partial charge on any atom is 0.0932 e. The highest BCUT2D eigenvalue weighted by atomic mass is 16.5. The van der Waals surface area contributed by atoms with Crippen LogP contribution in [-0.2, 0) is 18.9 Å². The molecule has 356 valence electrons. The third-order valence-electron chi connectivity index (χ3n) is 11.6. The highest BCUT2D eigenvalue weighted by molar-refractivity contribution is 4.64. The third-order valence-corrected chi connectivity index (χ3v) is 11.6. The van der Waals surface area contributed by atoms with Crippen molar-refractivity contribution in [3.05, 3.63) is 0 Å². The zero-order valence-corrected chi connectivity index (χ0v) is 40.6. The summed E-state index contributed by atoms with van der Waals surface area (Å²) < 4.78 is 23.8. The average molecular weight is 841 g/mol. The number of ether oxygens (including phenoxy) is 4. The summed E-state index contributed by atoms with van der Waals surface area (Å²) in [6.45, 7) is 21.3. The first-order valence-electron chi connectivity index (χ1n) is 26.5. The Morgan fingerprint density at radius 1 is 0.288 bits per heavy atom. The van der Waals surface area contributed by atoms with Crippen molar-refractivity contribution in [2.24, 2.45) is 0 Å². The molecule has 0 aromatic carbocycles. The molecule has 2 atom stereocenters. The van der Waals surface area contributed by atoms with Gasteiger partial charge in [0.15, 0.2) is 0 Å². The van der Waals surface area contributed by atoms with E-state index < -0.39 is 0 Å². The molecule has 0 aromatic rings. The summed E-state index contributed by atoms with van der Waals surface area (Å²) in [4.78, 5) is 0. The van der Waals surface area contributed by atoms with Crippen LogP contribution >= 0.6 is 0 Å². The number of nitrogens with one attached hydrogen (secondary N) is 4. The SMILES string of the molecule is CCCCCCCCCCCCCCCCOCC(CNCCCNCCCNCCCNCC(COCCCCCCCCCCCCCCCC)OCC)OCC. The Labute approximate surface area is 370 Å². The summed E-state index contributed by atoms with van der Waals surface area (Å²) in [6, 6.07) is 0. The van der Waals surface area contributed by atoms with Gasteiger partial charge < -0.3 is 40.2 Å². The van der Waals surface area contributed by atoms with Crippen molar-refractivity contribution in [2.75, 3.05) is 92.0 Å². The van der Waals surface area contributed by atoms with Crippen molar-refractivity contribution in [3.8, 4) is 0 Å². The van der Waals surface area contributed by atoms with Crippen molar-refractivity contribution >= 4 is 0 Å². The Hall–Kier alpha value is -0.320. The van der Waals surface area contributed by atoms with E-state index in [0.29, 0.717) is 13.2 Å². The molecule has 0 radical (unpaired) electrons. The first-order chi connectivity index (χ1) is 29.3. The molecule has 59 heavy (non-hydrogen) atoms. The van der Waals surface area contributed by atoms with E-state index in [1.165, 1.54) is 180 Å². The summed E-state index contributed by atoms with van der Waals surface area (Å²) in [7, 11) is 0. The van der Waals surface area contributed by atoms with Crippen LogP contribution in [0.4, 0.5) is 0 Å². The summed E-state index contributed by atoms with van der Waals surface area (Å²) >= 11 is 0. The van der Waals surface area contributed by atoms with E-state index in [2.05, 4.69) is 49.0 Å². The lowest BCUT2D eigenvalue weighted by Gasteiger charge is -2.18. The van der Waals surface area contributed by atoms with E-state index in [-0.39, 0.29) is 12.2 Å². The molecule has 0 fully saturated rings. The number of hydrogen-bond acceptors (Lipinski definition) is 8. The zero-order valence-electron chi connectivity index (χ0n) is 40.6. The fourth-order valence-corrected chi connectivity index (χ4v) is 7.82. The Morgan fingerprint density at radius 3 is 0.814 bits per heavy atom. The molecular formula is C51H108N4O4. The minimum atomic E-state index is 0.148. The highest BCUT2D eigenvalue weighted by Crippen LogP contribution is 2.14. The van der Waals surface area contributed by atoms with Gasteiger partial charge in [-0.1, -0.05) is 181 Å².